The highest BCUT2D eigenvalue weighted by molar-refractivity contribution is 6.36. The number of anilines is 2. The molecule has 0 spiro atoms. The number of nitrogens with two attached hydrogens (primary N) is 1. The van der Waals surface area contributed by atoms with Gasteiger partial charge in [-0.3, -0.25) is 0 Å². The summed E-state index contributed by atoms with van der Waals surface area (Å²) in [6, 6.07) is 11.2. The molecule has 22 heavy (non-hydrogen) atoms. The molecule has 3 nitrogen and oxygen atoms in total. The van der Waals surface area contributed by atoms with Crippen LogP contribution >= 0.6 is 23.2 Å². The summed E-state index contributed by atoms with van der Waals surface area (Å²) in [5.41, 5.74) is 8.22. The van der Waals surface area contributed by atoms with Gasteiger partial charge in [0.15, 0.2) is 0 Å². The second kappa shape index (κ2) is 5.56. The van der Waals surface area contributed by atoms with Gasteiger partial charge in [0.1, 0.15) is 11.4 Å². The van der Waals surface area contributed by atoms with Crippen LogP contribution in [-0.4, -0.2) is 12.1 Å². The van der Waals surface area contributed by atoms with Crippen LogP contribution in [0.15, 0.2) is 36.4 Å². The number of hydrogen-bond acceptors (Lipinski definition) is 3. The normalized spacial score (nSPS) is 16.1. The highest BCUT2D eigenvalue weighted by atomic mass is 35.5. The van der Waals surface area contributed by atoms with Crippen molar-refractivity contribution in [3.63, 3.8) is 0 Å². The van der Waals surface area contributed by atoms with Crippen molar-refractivity contribution < 1.29 is 4.74 Å². The van der Waals surface area contributed by atoms with E-state index in [2.05, 4.69) is 18.7 Å². The Morgan fingerprint density at radius 2 is 1.86 bits per heavy atom. The van der Waals surface area contributed by atoms with Crippen LogP contribution in [-0.2, 0) is 6.54 Å². The van der Waals surface area contributed by atoms with Gasteiger partial charge in [-0.2, -0.15) is 0 Å². The van der Waals surface area contributed by atoms with Gasteiger partial charge in [-0.05, 0) is 44.2 Å². The maximum atomic E-state index is 6.31. The van der Waals surface area contributed by atoms with Crippen LogP contribution in [0.5, 0.6) is 5.75 Å². The van der Waals surface area contributed by atoms with Crippen molar-refractivity contribution >= 4 is 34.6 Å². The largest absolute Gasteiger partial charge is 0.484 e. The highest BCUT2D eigenvalue weighted by Crippen LogP contribution is 2.40. The zero-order valence-electron chi connectivity index (χ0n) is 12.6. The minimum atomic E-state index is -0.295. The van der Waals surface area contributed by atoms with Crippen LogP contribution in [0.25, 0.3) is 0 Å². The number of nitrogen functional groups attached to an aromatic ring is 1. The summed E-state index contributed by atoms with van der Waals surface area (Å²) in [6.07, 6.45) is 0. The van der Waals surface area contributed by atoms with E-state index < -0.39 is 0 Å². The van der Waals surface area contributed by atoms with Gasteiger partial charge in [-0.25, -0.2) is 0 Å². The van der Waals surface area contributed by atoms with Crippen molar-refractivity contribution in [1.29, 1.82) is 0 Å². The summed E-state index contributed by atoms with van der Waals surface area (Å²) in [7, 11) is 0. The minimum Gasteiger partial charge on any atom is -0.484 e. The fourth-order valence-electron chi connectivity index (χ4n) is 2.76. The van der Waals surface area contributed by atoms with E-state index in [1.54, 1.807) is 0 Å². The zero-order valence-corrected chi connectivity index (χ0v) is 14.1. The first kappa shape index (κ1) is 15.3. The van der Waals surface area contributed by atoms with Crippen molar-refractivity contribution in [2.24, 2.45) is 0 Å². The molecule has 1 aliphatic rings. The Balaban J connectivity index is 2.02. The smallest absolute Gasteiger partial charge is 0.143 e. The highest BCUT2D eigenvalue weighted by Gasteiger charge is 2.32. The number of halogens is 2. The molecule has 0 bridgehead atoms. The lowest BCUT2D eigenvalue weighted by molar-refractivity contribution is 0.104. The molecular weight excluding hydrogens is 319 g/mol. The molecule has 5 heteroatoms. The molecule has 0 aromatic heterocycles. The topological polar surface area (TPSA) is 38.5 Å². The third kappa shape index (κ3) is 2.96. The number of benzene rings is 2. The number of hydrogen-bond donors (Lipinski definition) is 1. The first-order chi connectivity index (χ1) is 10.4. The van der Waals surface area contributed by atoms with E-state index in [-0.39, 0.29) is 5.60 Å². The van der Waals surface area contributed by atoms with Crippen LogP contribution in [0, 0.1) is 0 Å². The summed E-state index contributed by atoms with van der Waals surface area (Å²) in [4.78, 5) is 2.21. The average molecular weight is 337 g/mol. The lowest BCUT2D eigenvalue weighted by atomic mass is 10.0. The van der Waals surface area contributed by atoms with Crippen LogP contribution in [0.4, 0.5) is 11.4 Å². The van der Waals surface area contributed by atoms with Crippen molar-refractivity contribution in [2.45, 2.75) is 26.0 Å². The van der Waals surface area contributed by atoms with Gasteiger partial charge in [0.2, 0.25) is 0 Å². The van der Waals surface area contributed by atoms with E-state index in [1.807, 2.05) is 36.4 Å². The Labute approximate surface area is 140 Å². The monoisotopic (exact) mass is 336 g/mol. The van der Waals surface area contributed by atoms with Crippen molar-refractivity contribution in [1.82, 2.24) is 0 Å². The Hall–Kier alpha value is -1.58. The van der Waals surface area contributed by atoms with Crippen molar-refractivity contribution in [3.05, 3.63) is 52.0 Å². The van der Waals surface area contributed by atoms with Gasteiger partial charge >= 0.3 is 0 Å². The molecule has 2 aromatic rings. The number of fused-ring (bicyclic) bond motifs is 1. The van der Waals surface area contributed by atoms with Gasteiger partial charge in [-0.15, -0.1) is 0 Å². The lowest BCUT2D eigenvalue weighted by Crippen LogP contribution is -2.46. The molecule has 1 heterocycles. The predicted octanol–water partition coefficient (Wildman–Crippen LogP) is 4.75. The fraction of sp³-hybridized carbons (Fsp3) is 0.294. The van der Waals surface area contributed by atoms with Gasteiger partial charge in [-0.1, -0.05) is 29.3 Å². The van der Waals surface area contributed by atoms with Gasteiger partial charge in [0.25, 0.3) is 0 Å². The molecule has 1 aliphatic heterocycles. The van der Waals surface area contributed by atoms with E-state index in [0.717, 1.165) is 23.5 Å². The molecule has 0 aliphatic carbocycles. The van der Waals surface area contributed by atoms with Gasteiger partial charge < -0.3 is 15.4 Å². The summed E-state index contributed by atoms with van der Waals surface area (Å²) >= 11 is 12.6. The Bertz CT molecular complexity index is 696. The van der Waals surface area contributed by atoms with E-state index in [0.29, 0.717) is 22.3 Å². The fourth-order valence-corrected chi connectivity index (χ4v) is 3.27. The molecule has 2 aromatic carbocycles. The van der Waals surface area contributed by atoms with Gasteiger partial charge in [0.05, 0.1) is 12.2 Å². The second-order valence-corrected chi connectivity index (χ2v) is 6.96. The number of ether oxygens (including phenoxy) is 1. The molecule has 3 rings (SSSR count). The quantitative estimate of drug-likeness (QED) is 0.804. The Kier molecular flexibility index (Phi) is 3.87. The van der Waals surface area contributed by atoms with E-state index in [9.17, 15) is 0 Å². The lowest BCUT2D eigenvalue weighted by Gasteiger charge is -2.41. The molecule has 0 atom stereocenters. The third-order valence-corrected chi connectivity index (χ3v) is 4.40. The molecule has 0 fully saturated rings. The number of nitrogens with zero attached hydrogens (tertiary/aromatic N) is 1. The molecule has 0 unspecified atom stereocenters. The molecule has 116 valence electrons. The van der Waals surface area contributed by atoms with E-state index in [4.69, 9.17) is 33.7 Å². The predicted molar refractivity (Wildman–Crippen MR) is 93.1 cm³/mol. The van der Waals surface area contributed by atoms with Crippen molar-refractivity contribution in [3.8, 4) is 5.75 Å². The molecular formula is C17H18Cl2N2O. The standard InChI is InChI=1S/C17H18Cl2N2O/c1-17(2)10-21(9-12-13(18)4-3-5-14(12)19)15-8-11(20)6-7-16(15)22-17/h3-8H,9-10,20H2,1-2H3. The third-order valence-electron chi connectivity index (χ3n) is 3.69. The first-order valence-corrected chi connectivity index (χ1v) is 7.88. The summed E-state index contributed by atoms with van der Waals surface area (Å²) in [5, 5.41) is 1.34. The Morgan fingerprint density at radius 3 is 2.55 bits per heavy atom. The summed E-state index contributed by atoms with van der Waals surface area (Å²) in [5.74, 6) is 0.827. The average Bonchev–Trinajstić information content (AvgIpc) is 2.43. The molecule has 0 amide bonds. The Morgan fingerprint density at radius 1 is 1.18 bits per heavy atom. The molecule has 0 saturated carbocycles. The summed E-state index contributed by atoms with van der Waals surface area (Å²) in [6.45, 7) is 5.47. The zero-order chi connectivity index (χ0) is 15.9. The molecule has 0 saturated heterocycles. The molecule has 2 N–H and O–H groups in total. The van der Waals surface area contributed by atoms with E-state index >= 15 is 0 Å². The van der Waals surface area contributed by atoms with E-state index in [1.165, 1.54) is 0 Å². The van der Waals surface area contributed by atoms with Crippen LogP contribution in [0.2, 0.25) is 10.0 Å². The maximum Gasteiger partial charge on any atom is 0.143 e. The van der Waals surface area contributed by atoms with Crippen LogP contribution in [0.3, 0.4) is 0 Å². The first-order valence-electron chi connectivity index (χ1n) is 7.12. The van der Waals surface area contributed by atoms with Crippen LogP contribution < -0.4 is 15.4 Å². The second-order valence-electron chi connectivity index (χ2n) is 6.15. The maximum absolute atomic E-state index is 6.31. The SMILES string of the molecule is CC1(C)CN(Cc2c(Cl)cccc2Cl)c2cc(N)ccc2O1. The van der Waals surface area contributed by atoms with Crippen LogP contribution in [0.1, 0.15) is 19.4 Å². The molecule has 0 radical (unpaired) electrons. The number of rotatable bonds is 2. The minimum absolute atomic E-state index is 0.295. The van der Waals surface area contributed by atoms with Gasteiger partial charge in [0, 0.05) is 27.8 Å². The van der Waals surface area contributed by atoms with Crippen molar-refractivity contribution in [2.75, 3.05) is 17.2 Å². The summed E-state index contributed by atoms with van der Waals surface area (Å²) < 4.78 is 6.04.